The Morgan fingerprint density at radius 2 is 0.720 bits per heavy atom. The summed E-state index contributed by atoms with van der Waals surface area (Å²) in [5, 5.41) is 42.9. The lowest BCUT2D eigenvalue weighted by Crippen LogP contribution is -2.19. The Morgan fingerprint density at radius 3 is 1.11 bits per heavy atom. The van der Waals surface area contributed by atoms with E-state index in [0.29, 0.717) is 43.9 Å². The largest absolute Gasteiger partial charge is 0.477 e. The quantitative estimate of drug-likeness (QED) is 0.0335. The van der Waals surface area contributed by atoms with Crippen LogP contribution in [0.5, 0.6) is 0 Å². The highest BCUT2D eigenvalue weighted by atomic mass is 19.1. The first kappa shape index (κ1) is 86.1. The number of amides is 2. The third-order valence-corrected chi connectivity index (χ3v) is 22.5. The lowest BCUT2D eigenvalue weighted by molar-refractivity contribution is 0.0676. The molecule has 20 rings (SSSR count). The Balaban J connectivity index is 0.000000123. The van der Waals surface area contributed by atoms with Gasteiger partial charge in [-0.05, 0) is 151 Å². The van der Waals surface area contributed by atoms with Gasteiger partial charge in [0.2, 0.25) is 11.8 Å². The molecular formula is C95H64F6N12O19. The standard InChI is InChI=1S/C24H17F2N3O4.2C24H16FN3O5.C23H15F2N3O5/c25-16-8-12(10-27)3-4-13(16)11-29-18-9-17(26)14-5-7-33-22(14)20(18)19(21(29)24(31)32)15-2-1-6-28-23(15)30;25-16-5-3-13(22(26)29)10-14(16)11-28-17-6-4-12-7-9-33-21(12)19(17)18(20(28)24(31)32)15-2-1-8-27-23(15)30;25-16-10-17-19(21-14(16)7-9-33-21)18(15-2-1-8-27-23(15)30)20(24(31)32)28(17)11-12-3-5-13(6-4-12)22(26)29;1-27-10-15(25)11(7-17(27)29)9-28-16-8-14(24)12-4-6-33-21(12)19(16)18(20(28)23(31)32)13-3-2-5-26-22(13)30/h1-9H,10-11,27H2,(H,28,30)(H,31,32);2*1-10H,11H2,(H2,26,29)(H,27,30)(H,31,32);2-8,10H,9H2,1H3,(H,26,30)(H,31,32). The third kappa shape index (κ3) is 15.2. The number of carboxylic acids is 4. The predicted molar refractivity (Wildman–Crippen MR) is 471 cm³/mol. The molecule has 37 heteroatoms. The van der Waals surface area contributed by atoms with E-state index in [1.165, 1.54) is 172 Å². The van der Waals surface area contributed by atoms with Crippen molar-refractivity contribution < 1.29 is 93.2 Å². The number of hydrogen-bond acceptors (Lipinski definition) is 16. The Bertz CT molecular complexity index is 8560. The van der Waals surface area contributed by atoms with Crippen LogP contribution in [0.15, 0.2) is 268 Å². The minimum Gasteiger partial charge on any atom is -0.477 e. The molecule has 7 aromatic carbocycles. The average molecular weight is 1790 g/mol. The average Bonchev–Trinajstić information content (AvgIpc) is 1.59. The van der Waals surface area contributed by atoms with Gasteiger partial charge in [-0.25, -0.2) is 45.5 Å². The molecule has 0 unspecified atom stereocenters. The second-order valence-electron chi connectivity index (χ2n) is 30.1. The van der Waals surface area contributed by atoms with Crippen LogP contribution >= 0.6 is 0 Å². The van der Waals surface area contributed by atoms with E-state index in [1.54, 1.807) is 54.6 Å². The number of H-pyrrole nitrogens is 4. The Kier molecular flexibility index (Phi) is 22.4. The maximum atomic E-state index is 14.9. The number of aromatic carboxylic acids is 4. The van der Waals surface area contributed by atoms with E-state index >= 15 is 0 Å². The fourth-order valence-electron chi connectivity index (χ4n) is 16.6. The number of furan rings is 4. The Morgan fingerprint density at radius 1 is 0.356 bits per heavy atom. The van der Waals surface area contributed by atoms with Crippen LogP contribution in [0.4, 0.5) is 26.3 Å². The van der Waals surface area contributed by atoms with E-state index in [9.17, 15) is 99.5 Å². The summed E-state index contributed by atoms with van der Waals surface area (Å²) in [4.78, 5) is 146. The molecule has 0 fully saturated rings. The van der Waals surface area contributed by atoms with Crippen LogP contribution < -0.4 is 45.0 Å². The molecule has 0 aliphatic rings. The van der Waals surface area contributed by atoms with Gasteiger partial charge in [0.05, 0.1) is 127 Å². The summed E-state index contributed by atoms with van der Waals surface area (Å²) in [6.07, 6.45) is 12.0. The van der Waals surface area contributed by atoms with Gasteiger partial charge in [-0.1, -0.05) is 24.3 Å². The maximum Gasteiger partial charge on any atom is 0.353 e. The molecule has 0 saturated heterocycles. The second-order valence-corrected chi connectivity index (χ2v) is 30.1. The smallest absolute Gasteiger partial charge is 0.353 e. The first-order valence-corrected chi connectivity index (χ1v) is 39.5. The summed E-state index contributed by atoms with van der Waals surface area (Å²) in [6.45, 7) is -0.649. The van der Waals surface area contributed by atoms with E-state index in [-0.39, 0.29) is 176 Å². The van der Waals surface area contributed by atoms with Gasteiger partial charge < -0.3 is 98.1 Å². The van der Waals surface area contributed by atoms with E-state index < -0.39 is 105 Å². The van der Waals surface area contributed by atoms with Crippen molar-refractivity contribution in [2.75, 3.05) is 0 Å². The maximum absolute atomic E-state index is 14.9. The number of rotatable bonds is 19. The van der Waals surface area contributed by atoms with Crippen molar-refractivity contribution in [3.8, 4) is 44.5 Å². The van der Waals surface area contributed by atoms with Gasteiger partial charge in [0.1, 0.15) is 80.0 Å². The van der Waals surface area contributed by atoms with Crippen LogP contribution in [0.2, 0.25) is 0 Å². The van der Waals surface area contributed by atoms with Crippen molar-refractivity contribution in [1.82, 2.24) is 42.8 Å². The number of aromatic amines is 4. The second kappa shape index (κ2) is 34.4. The molecule has 132 heavy (non-hydrogen) atoms. The number of pyridine rings is 5. The summed E-state index contributed by atoms with van der Waals surface area (Å²) in [5.74, 6) is -10.5. The van der Waals surface area contributed by atoms with Gasteiger partial charge in [0.25, 0.3) is 27.8 Å². The minimum atomic E-state index is -1.42. The summed E-state index contributed by atoms with van der Waals surface area (Å²) in [5.41, 5.74) is 16.6. The van der Waals surface area contributed by atoms with Gasteiger partial charge >= 0.3 is 23.9 Å². The zero-order chi connectivity index (χ0) is 93.3. The lowest BCUT2D eigenvalue weighted by atomic mass is 10.0. The number of nitrogens with one attached hydrogen (secondary N) is 4. The number of carboxylic acid groups (broad SMARTS) is 4. The molecular weight excluding hydrogens is 1730 g/mol. The van der Waals surface area contributed by atoms with Crippen LogP contribution in [0.1, 0.15) is 90.5 Å². The van der Waals surface area contributed by atoms with Crippen molar-refractivity contribution in [3.05, 3.63) is 374 Å². The first-order chi connectivity index (χ1) is 63.4. The molecule has 0 aliphatic heterocycles. The topological polar surface area (TPSA) is 487 Å². The van der Waals surface area contributed by atoms with Crippen molar-refractivity contribution >= 4 is 123 Å². The minimum absolute atomic E-state index is 0.00328. The summed E-state index contributed by atoms with van der Waals surface area (Å²) in [6, 6.07) is 40.5. The van der Waals surface area contributed by atoms with Gasteiger partial charge in [0.15, 0.2) is 0 Å². The van der Waals surface area contributed by atoms with E-state index in [4.69, 9.17) is 34.9 Å². The lowest BCUT2D eigenvalue weighted by Gasteiger charge is -2.11. The molecule has 0 spiro atoms. The summed E-state index contributed by atoms with van der Waals surface area (Å²) < 4.78 is 117. The fourth-order valence-corrected chi connectivity index (χ4v) is 16.6. The number of carbonyl (C=O) groups is 6. The molecule has 13 heterocycles. The number of primary amides is 2. The zero-order valence-corrected chi connectivity index (χ0v) is 68.0. The summed E-state index contributed by atoms with van der Waals surface area (Å²) >= 11 is 0. The third-order valence-electron chi connectivity index (χ3n) is 22.5. The molecule has 2 amide bonds. The molecule has 0 radical (unpaired) electrons. The molecule has 31 nitrogen and oxygen atoms in total. The van der Waals surface area contributed by atoms with Crippen molar-refractivity contribution in [3.63, 3.8) is 0 Å². The Labute approximate surface area is 731 Å². The van der Waals surface area contributed by atoms with E-state index in [1.807, 2.05) is 0 Å². The number of nitrogens with zero attached hydrogens (tertiary/aromatic N) is 5. The van der Waals surface area contributed by atoms with Gasteiger partial charge in [0, 0.05) is 113 Å². The van der Waals surface area contributed by atoms with Gasteiger partial charge in [-0.3, -0.25) is 33.6 Å². The predicted octanol–water partition coefficient (Wildman–Crippen LogP) is 15.1. The number of hydrogen-bond donors (Lipinski definition) is 11. The molecule has 13 aromatic heterocycles. The van der Waals surface area contributed by atoms with Crippen LogP contribution in [0, 0.1) is 34.9 Å². The van der Waals surface area contributed by atoms with Gasteiger partial charge in [-0.15, -0.1) is 0 Å². The normalized spacial score (nSPS) is 11.4. The number of carbonyl (C=O) groups excluding carboxylic acids is 2. The van der Waals surface area contributed by atoms with Crippen molar-refractivity contribution in [1.29, 1.82) is 0 Å². The number of benzene rings is 7. The van der Waals surface area contributed by atoms with E-state index in [2.05, 4.69) is 19.9 Å². The van der Waals surface area contributed by atoms with Crippen LogP contribution in [0.3, 0.4) is 0 Å². The van der Waals surface area contributed by atoms with Crippen LogP contribution in [-0.4, -0.2) is 98.9 Å². The van der Waals surface area contributed by atoms with Crippen molar-refractivity contribution in [2.45, 2.75) is 32.7 Å². The molecule has 0 bridgehead atoms. The number of aromatic nitrogens is 9. The summed E-state index contributed by atoms with van der Waals surface area (Å²) in [7, 11) is 1.38. The number of nitrogens with two attached hydrogens (primary N) is 3. The highest BCUT2D eigenvalue weighted by molar-refractivity contribution is 6.21. The molecule has 0 saturated carbocycles. The molecule has 0 atom stereocenters. The van der Waals surface area contributed by atoms with Gasteiger partial charge in [-0.2, -0.15) is 0 Å². The highest BCUT2D eigenvalue weighted by Gasteiger charge is 2.35. The van der Waals surface area contributed by atoms with Crippen LogP contribution in [-0.2, 0) is 39.8 Å². The zero-order valence-electron chi connectivity index (χ0n) is 68.0. The number of halogens is 6. The molecule has 0 aliphatic carbocycles. The van der Waals surface area contributed by atoms with Crippen molar-refractivity contribution in [2.24, 2.45) is 24.2 Å². The Hall–Kier alpha value is -18.0. The van der Waals surface area contributed by atoms with Crippen LogP contribution in [0.25, 0.3) is 132 Å². The first-order valence-electron chi connectivity index (χ1n) is 39.5. The number of aryl methyl sites for hydroxylation is 1. The van der Waals surface area contributed by atoms with E-state index in [0.717, 1.165) is 29.0 Å². The monoisotopic (exact) mass is 1790 g/mol. The highest BCUT2D eigenvalue weighted by Crippen LogP contribution is 2.46. The molecule has 14 N–H and O–H groups in total. The molecule has 660 valence electrons. The fraction of sp³-hybridized carbons (Fsp3) is 0.0632. The SMILES string of the molecule is Cn1cc(F)c(Cn2c(C(=O)O)c(-c3ccc[nH]c3=O)c3c4occc4c(F)cc32)cc1=O.NC(=O)c1ccc(Cn2c(C(=O)O)c(-c3ccc[nH]c3=O)c3c4occc4c(F)cc32)cc1.NC(=O)c1ccc(F)c(Cn2c(C(=O)O)c(-c3ccc[nH]c3=O)c3c4occc4ccc32)c1.NCc1ccc(Cn2c(C(=O)O)c(-c3ccc[nH]c3=O)c3c4occc4c(F)cc32)c(F)c1. The molecule has 20 aromatic rings. The number of fused-ring (bicyclic) bond motifs is 12.